The van der Waals surface area contributed by atoms with Crippen LogP contribution in [0.3, 0.4) is 0 Å². The van der Waals surface area contributed by atoms with Crippen molar-refractivity contribution in [3.8, 4) is 0 Å². The summed E-state index contributed by atoms with van der Waals surface area (Å²) in [7, 11) is 17.8. The zero-order chi connectivity index (χ0) is 16.0. The van der Waals surface area contributed by atoms with Crippen LogP contribution >= 0.6 is 0 Å². The van der Waals surface area contributed by atoms with E-state index < -0.39 is 27.8 Å². The molecular weight excluding hydrogens is 302 g/mol. The number of nitrogens with zero attached hydrogens (tertiary/aromatic N) is 5. The maximum Gasteiger partial charge on any atom is 0.264 e. The van der Waals surface area contributed by atoms with E-state index in [1.165, 1.54) is 0 Å². The Morgan fingerprint density at radius 1 is 0.450 bits per heavy atom. The summed E-state index contributed by atoms with van der Waals surface area (Å²) in [4.78, 5) is 0. The predicted octanol–water partition coefficient (Wildman–Crippen LogP) is -2.87. The van der Waals surface area contributed by atoms with Gasteiger partial charge in [-0.15, -0.1) is 0 Å². The SMILES string of the molecule is CN(C)[SiH](N[SiH](N(C)C)N(C)C)N[SiH](N(C)C)N(C)C. The highest BCUT2D eigenvalue weighted by atomic mass is 28.4. The summed E-state index contributed by atoms with van der Waals surface area (Å²) < 4.78 is 19.5. The Balaban J connectivity index is 4.88. The average molecular weight is 338 g/mol. The quantitative estimate of drug-likeness (QED) is 0.438. The fraction of sp³-hybridized carbons (Fsp3) is 1.00. The van der Waals surface area contributed by atoms with Crippen LogP contribution in [-0.4, -0.2) is 121 Å². The van der Waals surface area contributed by atoms with Crippen LogP contribution in [0.15, 0.2) is 0 Å². The van der Waals surface area contributed by atoms with E-state index in [9.17, 15) is 0 Å². The van der Waals surface area contributed by atoms with E-state index in [2.05, 4.69) is 103 Å². The van der Waals surface area contributed by atoms with Gasteiger partial charge in [0.2, 0.25) is 0 Å². The van der Waals surface area contributed by atoms with Gasteiger partial charge in [-0.2, -0.15) is 0 Å². The zero-order valence-corrected chi connectivity index (χ0v) is 18.4. The summed E-state index contributed by atoms with van der Waals surface area (Å²) in [5.41, 5.74) is 0. The highest BCUT2D eigenvalue weighted by Gasteiger charge is 2.29. The van der Waals surface area contributed by atoms with E-state index in [0.29, 0.717) is 0 Å². The molecule has 0 aliphatic rings. The molecule has 0 aromatic carbocycles. The van der Waals surface area contributed by atoms with Gasteiger partial charge < -0.3 is 32.1 Å². The maximum atomic E-state index is 3.92. The molecule has 0 aromatic rings. The highest BCUT2D eigenvalue weighted by molar-refractivity contribution is 6.74. The number of hydrogen-bond acceptors (Lipinski definition) is 7. The molecule has 122 valence electrons. The van der Waals surface area contributed by atoms with Gasteiger partial charge in [0.15, 0.2) is 0 Å². The van der Waals surface area contributed by atoms with Gasteiger partial charge >= 0.3 is 0 Å². The van der Waals surface area contributed by atoms with Crippen molar-refractivity contribution < 1.29 is 0 Å². The molecule has 0 saturated carbocycles. The van der Waals surface area contributed by atoms with E-state index in [-0.39, 0.29) is 0 Å². The van der Waals surface area contributed by atoms with Gasteiger partial charge in [-0.25, -0.2) is 0 Å². The van der Waals surface area contributed by atoms with Crippen LogP contribution in [0.2, 0.25) is 0 Å². The van der Waals surface area contributed by atoms with Crippen molar-refractivity contribution in [1.82, 2.24) is 32.1 Å². The summed E-state index contributed by atoms with van der Waals surface area (Å²) in [5.74, 6) is 0. The first-order valence-electron chi connectivity index (χ1n) is 6.92. The van der Waals surface area contributed by atoms with Crippen molar-refractivity contribution >= 4 is 27.8 Å². The van der Waals surface area contributed by atoms with Crippen molar-refractivity contribution in [2.24, 2.45) is 0 Å². The molecule has 0 aromatic heterocycles. The summed E-state index contributed by atoms with van der Waals surface area (Å²) >= 11 is 0. The second-order valence-corrected chi connectivity index (χ2v) is 16.4. The number of nitrogens with one attached hydrogen (secondary N) is 2. The molecule has 0 radical (unpaired) electrons. The molecule has 0 heterocycles. The van der Waals surface area contributed by atoms with E-state index in [1.54, 1.807) is 0 Å². The lowest BCUT2D eigenvalue weighted by atomic mass is 11.3. The Morgan fingerprint density at radius 2 is 0.700 bits per heavy atom. The van der Waals surface area contributed by atoms with Gasteiger partial charge in [0.1, 0.15) is 0 Å². The minimum Gasteiger partial charge on any atom is -0.316 e. The molecule has 0 aliphatic heterocycles. The number of hydrogen-bond donors (Lipinski definition) is 2. The van der Waals surface area contributed by atoms with Crippen molar-refractivity contribution in [3.05, 3.63) is 0 Å². The molecule has 0 aliphatic carbocycles. The molecule has 2 N–H and O–H groups in total. The third-order valence-electron chi connectivity index (χ3n) is 3.09. The van der Waals surface area contributed by atoms with E-state index in [1.807, 2.05) is 0 Å². The van der Waals surface area contributed by atoms with E-state index >= 15 is 0 Å². The molecule has 20 heavy (non-hydrogen) atoms. The molecule has 0 bridgehead atoms. The lowest BCUT2D eigenvalue weighted by Crippen LogP contribution is -2.74. The largest absolute Gasteiger partial charge is 0.316 e. The third-order valence-corrected chi connectivity index (χ3v) is 12.9. The summed E-state index contributed by atoms with van der Waals surface area (Å²) in [6.07, 6.45) is 0. The molecule has 0 amide bonds. The van der Waals surface area contributed by atoms with Crippen LogP contribution in [0, 0.1) is 0 Å². The van der Waals surface area contributed by atoms with Gasteiger partial charge in [0.25, 0.3) is 27.8 Å². The lowest BCUT2D eigenvalue weighted by molar-refractivity contribution is 0.491. The molecule has 0 rings (SSSR count). The van der Waals surface area contributed by atoms with Crippen LogP contribution in [0.25, 0.3) is 0 Å². The topological polar surface area (TPSA) is 40.3 Å². The molecule has 0 atom stereocenters. The average Bonchev–Trinajstić information content (AvgIpc) is 2.26. The van der Waals surface area contributed by atoms with Crippen molar-refractivity contribution in [1.29, 1.82) is 0 Å². The Labute approximate surface area is 131 Å². The molecule has 0 spiro atoms. The molecule has 0 saturated heterocycles. The Hall–Kier alpha value is 0.371. The molecule has 0 unspecified atom stereocenters. The maximum absolute atomic E-state index is 3.92. The first kappa shape index (κ1) is 20.4. The zero-order valence-electron chi connectivity index (χ0n) is 15.0. The molecule has 0 fully saturated rings. The minimum absolute atomic E-state index is 1.26. The minimum atomic E-state index is -1.36. The number of rotatable bonds is 9. The standard InChI is InChI=1S/C10H35N7Si3/c1-13(2)18(11-19(14(3)4)15(5)6)12-20(16(7)8)17(9)10/h11-12,18-20H,1-10H3. The fourth-order valence-electron chi connectivity index (χ4n) is 2.15. The molecule has 7 nitrogen and oxygen atoms in total. The van der Waals surface area contributed by atoms with Crippen LogP contribution in [0.5, 0.6) is 0 Å². The van der Waals surface area contributed by atoms with Crippen molar-refractivity contribution in [2.45, 2.75) is 0 Å². The van der Waals surface area contributed by atoms with Crippen LogP contribution in [0.4, 0.5) is 0 Å². The Morgan fingerprint density at radius 3 is 0.850 bits per heavy atom. The smallest absolute Gasteiger partial charge is 0.264 e. The molecule has 10 heteroatoms. The van der Waals surface area contributed by atoms with Crippen LogP contribution < -0.4 is 9.30 Å². The Kier molecular flexibility index (Phi) is 9.57. The van der Waals surface area contributed by atoms with Crippen molar-refractivity contribution in [2.75, 3.05) is 70.5 Å². The predicted molar refractivity (Wildman–Crippen MR) is 96.2 cm³/mol. The first-order valence-corrected chi connectivity index (χ1v) is 11.8. The van der Waals surface area contributed by atoms with Crippen molar-refractivity contribution in [3.63, 3.8) is 0 Å². The van der Waals surface area contributed by atoms with Crippen LogP contribution in [-0.2, 0) is 0 Å². The summed E-state index contributed by atoms with van der Waals surface area (Å²) in [6, 6.07) is 0. The second kappa shape index (κ2) is 9.40. The van der Waals surface area contributed by atoms with Gasteiger partial charge in [-0.05, 0) is 70.5 Å². The lowest BCUT2D eigenvalue weighted by Gasteiger charge is -2.38. The monoisotopic (exact) mass is 337 g/mol. The van der Waals surface area contributed by atoms with Crippen LogP contribution in [0.1, 0.15) is 0 Å². The van der Waals surface area contributed by atoms with Gasteiger partial charge in [0, 0.05) is 0 Å². The highest BCUT2D eigenvalue weighted by Crippen LogP contribution is 1.93. The normalized spacial score (nSPS) is 13.5. The van der Waals surface area contributed by atoms with Gasteiger partial charge in [0.05, 0.1) is 0 Å². The molecular formula is C10H35N7Si3. The van der Waals surface area contributed by atoms with E-state index in [0.717, 1.165) is 0 Å². The van der Waals surface area contributed by atoms with Gasteiger partial charge in [-0.3, -0.25) is 0 Å². The fourth-order valence-corrected chi connectivity index (χ4v) is 14.7. The summed E-state index contributed by atoms with van der Waals surface area (Å²) in [6.45, 7) is 0. The second-order valence-electron chi connectivity index (χ2n) is 6.30. The van der Waals surface area contributed by atoms with E-state index in [4.69, 9.17) is 0 Å². The third kappa shape index (κ3) is 6.89. The summed E-state index contributed by atoms with van der Waals surface area (Å²) in [5, 5.41) is 0. The first-order chi connectivity index (χ1) is 9.07. The van der Waals surface area contributed by atoms with Gasteiger partial charge in [-0.1, -0.05) is 0 Å². The Bertz CT molecular complexity index is 225.